The minimum Gasteiger partial charge on any atom is -0.487 e. The van der Waals surface area contributed by atoms with Gasteiger partial charge in [-0.3, -0.25) is 0 Å². The Morgan fingerprint density at radius 3 is 2.52 bits per heavy atom. The molecule has 2 N–H and O–H groups in total. The number of benzene rings is 1. The van der Waals surface area contributed by atoms with Gasteiger partial charge in [-0.1, -0.05) is 30.3 Å². The van der Waals surface area contributed by atoms with Crippen molar-refractivity contribution in [3.05, 3.63) is 59.9 Å². The number of nitrogens with zero attached hydrogens (tertiary/aromatic N) is 2. The van der Waals surface area contributed by atoms with Crippen LogP contribution in [-0.4, -0.2) is 31.8 Å². The fourth-order valence-corrected chi connectivity index (χ4v) is 2.24. The Morgan fingerprint density at radius 2 is 1.87 bits per heavy atom. The van der Waals surface area contributed by atoms with Crippen LogP contribution < -0.4 is 4.74 Å². The number of carboxylic acid groups (broad SMARTS) is 2. The van der Waals surface area contributed by atoms with E-state index in [2.05, 4.69) is 4.98 Å². The Bertz CT molecular complexity index is 886. The number of hydrogen-bond donors (Lipinski definition) is 2. The molecule has 0 unspecified atom stereocenters. The highest BCUT2D eigenvalue weighted by molar-refractivity contribution is 5.99. The molecular weight excluding hydrogens is 300 g/mol. The van der Waals surface area contributed by atoms with Gasteiger partial charge in [-0.2, -0.15) is 0 Å². The number of carboxylic acids is 1. The van der Waals surface area contributed by atoms with E-state index in [1.165, 1.54) is 12.3 Å². The first kappa shape index (κ1) is 14.6. The van der Waals surface area contributed by atoms with Crippen LogP contribution in [0.3, 0.4) is 0 Å². The number of ether oxygens (including phenoxy) is 1. The Hall–Kier alpha value is -3.35. The third-order valence-electron chi connectivity index (χ3n) is 3.27. The maximum atomic E-state index is 11.2. The van der Waals surface area contributed by atoms with Crippen molar-refractivity contribution in [3.8, 4) is 5.75 Å². The second kappa shape index (κ2) is 5.80. The topological polar surface area (TPSA) is 102 Å². The van der Waals surface area contributed by atoms with E-state index in [4.69, 9.17) is 14.9 Å². The van der Waals surface area contributed by atoms with Crippen molar-refractivity contribution in [1.82, 2.24) is 9.55 Å². The Labute approximate surface area is 130 Å². The van der Waals surface area contributed by atoms with E-state index in [0.717, 1.165) is 5.56 Å². The van der Waals surface area contributed by atoms with Crippen LogP contribution >= 0.6 is 0 Å². The molecule has 2 heterocycles. The third kappa shape index (κ3) is 2.84. The molecule has 7 nitrogen and oxygen atoms in total. The van der Waals surface area contributed by atoms with Gasteiger partial charge in [0.2, 0.25) is 0 Å². The molecule has 0 bridgehead atoms. The maximum Gasteiger partial charge on any atom is 0.417 e. The van der Waals surface area contributed by atoms with E-state index in [-0.39, 0.29) is 11.3 Å². The molecule has 0 aliphatic carbocycles. The van der Waals surface area contributed by atoms with Crippen molar-refractivity contribution in [2.24, 2.45) is 0 Å². The first-order valence-corrected chi connectivity index (χ1v) is 6.71. The zero-order chi connectivity index (χ0) is 16.4. The number of fused-ring (bicyclic) bond motifs is 1. The summed E-state index contributed by atoms with van der Waals surface area (Å²) >= 11 is 0. The first-order valence-electron chi connectivity index (χ1n) is 6.71. The van der Waals surface area contributed by atoms with Crippen molar-refractivity contribution in [3.63, 3.8) is 0 Å². The number of carbonyl (C=O) groups is 2. The highest BCUT2D eigenvalue weighted by Gasteiger charge is 2.20. The Balaban J connectivity index is 1.93. The lowest BCUT2D eigenvalue weighted by atomic mass is 10.2. The molecule has 116 valence electrons. The van der Waals surface area contributed by atoms with E-state index < -0.39 is 12.1 Å². The standard InChI is InChI=1S/C16H12N2O5/c19-15(20)13-7-11-6-12(8-17-14(11)18(13)16(21)22)23-9-10-4-2-1-3-5-10/h1-8H,9H2,(H,19,20)(H,21,22). The number of aromatic carboxylic acids is 1. The van der Waals surface area contributed by atoms with Crippen LogP contribution in [0.25, 0.3) is 11.0 Å². The summed E-state index contributed by atoms with van der Waals surface area (Å²) in [5.41, 5.74) is 0.670. The fraction of sp³-hybridized carbons (Fsp3) is 0.0625. The normalized spacial score (nSPS) is 10.6. The van der Waals surface area contributed by atoms with Gasteiger partial charge in [0.15, 0.2) is 5.65 Å². The summed E-state index contributed by atoms with van der Waals surface area (Å²) in [4.78, 5) is 26.4. The van der Waals surface area contributed by atoms with Gasteiger partial charge in [0.1, 0.15) is 18.1 Å². The number of rotatable bonds is 4. The predicted molar refractivity (Wildman–Crippen MR) is 80.9 cm³/mol. The van der Waals surface area contributed by atoms with Crippen LogP contribution in [-0.2, 0) is 6.61 Å². The minimum absolute atomic E-state index is 0.0574. The highest BCUT2D eigenvalue weighted by atomic mass is 16.5. The SMILES string of the molecule is O=C(O)c1cc2cc(OCc3ccccc3)cnc2n1C(=O)O. The van der Waals surface area contributed by atoms with E-state index >= 15 is 0 Å². The molecule has 0 saturated heterocycles. The molecule has 0 amide bonds. The van der Waals surface area contributed by atoms with Gasteiger partial charge in [0.05, 0.1) is 6.20 Å². The molecule has 0 saturated carbocycles. The summed E-state index contributed by atoms with van der Waals surface area (Å²) in [6.45, 7) is 0.333. The molecule has 0 aliphatic rings. The van der Waals surface area contributed by atoms with Crippen LogP contribution in [0.15, 0.2) is 48.7 Å². The second-order valence-corrected chi connectivity index (χ2v) is 4.81. The molecule has 3 rings (SSSR count). The van der Waals surface area contributed by atoms with Gasteiger partial charge in [0, 0.05) is 5.39 Å². The van der Waals surface area contributed by atoms with Crippen molar-refractivity contribution in [1.29, 1.82) is 0 Å². The van der Waals surface area contributed by atoms with E-state index in [1.54, 1.807) is 6.07 Å². The van der Waals surface area contributed by atoms with Gasteiger partial charge in [0.25, 0.3) is 0 Å². The lowest BCUT2D eigenvalue weighted by Crippen LogP contribution is -2.15. The van der Waals surface area contributed by atoms with Crippen molar-refractivity contribution < 1.29 is 24.5 Å². The molecule has 0 spiro atoms. The smallest absolute Gasteiger partial charge is 0.417 e. The van der Waals surface area contributed by atoms with Gasteiger partial charge >= 0.3 is 12.1 Å². The fourth-order valence-electron chi connectivity index (χ4n) is 2.24. The molecule has 23 heavy (non-hydrogen) atoms. The number of pyridine rings is 1. The van der Waals surface area contributed by atoms with Gasteiger partial charge in [-0.25, -0.2) is 19.1 Å². The summed E-state index contributed by atoms with van der Waals surface area (Å²) in [5.74, 6) is -0.905. The third-order valence-corrected chi connectivity index (χ3v) is 3.27. The van der Waals surface area contributed by atoms with Crippen molar-refractivity contribution in [2.45, 2.75) is 6.61 Å². The van der Waals surface area contributed by atoms with E-state index in [1.807, 2.05) is 30.3 Å². The summed E-state index contributed by atoms with van der Waals surface area (Å²) < 4.78 is 6.24. The summed E-state index contributed by atoms with van der Waals surface area (Å²) in [7, 11) is 0. The van der Waals surface area contributed by atoms with Crippen molar-refractivity contribution >= 4 is 23.1 Å². The lowest BCUT2D eigenvalue weighted by molar-refractivity contribution is 0.0684. The number of hydrogen-bond acceptors (Lipinski definition) is 4. The summed E-state index contributed by atoms with van der Waals surface area (Å²) in [6, 6.07) is 12.3. The Morgan fingerprint density at radius 1 is 1.13 bits per heavy atom. The zero-order valence-electron chi connectivity index (χ0n) is 11.8. The van der Waals surface area contributed by atoms with Gasteiger partial charge in [-0.15, -0.1) is 0 Å². The van der Waals surface area contributed by atoms with Crippen molar-refractivity contribution in [2.75, 3.05) is 0 Å². The van der Waals surface area contributed by atoms with Crippen LogP contribution in [0.4, 0.5) is 4.79 Å². The molecule has 0 fully saturated rings. The molecule has 7 heteroatoms. The van der Waals surface area contributed by atoms with E-state index in [0.29, 0.717) is 22.3 Å². The molecule has 0 radical (unpaired) electrons. The van der Waals surface area contributed by atoms with Gasteiger partial charge < -0.3 is 14.9 Å². The molecule has 3 aromatic rings. The van der Waals surface area contributed by atoms with Crippen LogP contribution in [0, 0.1) is 0 Å². The van der Waals surface area contributed by atoms with Crippen LogP contribution in [0.1, 0.15) is 16.1 Å². The zero-order valence-corrected chi connectivity index (χ0v) is 11.8. The average Bonchev–Trinajstić information content (AvgIpc) is 2.93. The molecule has 1 aromatic carbocycles. The highest BCUT2D eigenvalue weighted by Crippen LogP contribution is 2.23. The maximum absolute atomic E-state index is 11.2. The van der Waals surface area contributed by atoms with Crippen LogP contribution in [0.5, 0.6) is 5.75 Å². The van der Waals surface area contributed by atoms with E-state index in [9.17, 15) is 9.59 Å². The predicted octanol–water partition coefficient (Wildman–Crippen LogP) is 2.84. The average molecular weight is 312 g/mol. The molecule has 0 aliphatic heterocycles. The quantitative estimate of drug-likeness (QED) is 0.768. The van der Waals surface area contributed by atoms with Gasteiger partial charge in [-0.05, 0) is 17.7 Å². The molecule has 2 aromatic heterocycles. The first-order chi connectivity index (χ1) is 11.1. The van der Waals surface area contributed by atoms with Crippen LogP contribution in [0.2, 0.25) is 0 Å². The second-order valence-electron chi connectivity index (χ2n) is 4.81. The Kier molecular flexibility index (Phi) is 3.68. The minimum atomic E-state index is -1.40. The largest absolute Gasteiger partial charge is 0.487 e. The summed E-state index contributed by atoms with van der Waals surface area (Å²) in [5, 5.41) is 18.6. The number of aromatic nitrogens is 2. The summed E-state index contributed by atoms with van der Waals surface area (Å²) in [6.07, 6.45) is -0.0288. The monoisotopic (exact) mass is 312 g/mol. The molecule has 0 atom stereocenters. The lowest BCUT2D eigenvalue weighted by Gasteiger charge is -2.06. The molecular formula is C16H12N2O5.